The second kappa shape index (κ2) is 6.86. The minimum absolute atomic E-state index is 0.121. The van der Waals surface area contributed by atoms with E-state index in [1.54, 1.807) is 4.90 Å². The van der Waals surface area contributed by atoms with Crippen LogP contribution < -0.4 is 0 Å². The number of nitrogens with zero attached hydrogens (tertiary/aromatic N) is 2. The zero-order valence-corrected chi connectivity index (χ0v) is 12.3. The lowest BCUT2D eigenvalue weighted by Gasteiger charge is -2.34. The molecule has 1 fully saturated rings. The van der Waals surface area contributed by atoms with E-state index in [1.807, 2.05) is 44.4 Å². The average Bonchev–Trinajstić information content (AvgIpc) is 2.38. The van der Waals surface area contributed by atoms with Gasteiger partial charge in [-0.15, -0.1) is 0 Å². The van der Waals surface area contributed by atoms with Crippen molar-refractivity contribution in [3.8, 4) is 0 Å². The highest BCUT2D eigenvalue weighted by atomic mass is 16.3. The van der Waals surface area contributed by atoms with E-state index >= 15 is 0 Å². The van der Waals surface area contributed by atoms with Gasteiger partial charge >= 0.3 is 0 Å². The maximum Gasteiger partial charge on any atom is 0.236 e. The van der Waals surface area contributed by atoms with Crippen molar-refractivity contribution >= 4 is 5.91 Å². The van der Waals surface area contributed by atoms with E-state index < -0.39 is 0 Å². The molecule has 1 saturated carbocycles. The number of hydrogen-bond donors (Lipinski definition) is 1. The molecule has 110 valence electrons. The molecule has 1 aliphatic rings. The Labute approximate surface area is 121 Å². The SMILES string of the molecule is CN(CC(=O)N(C)Cc1ccccc1)CC1CC(O)C1. The van der Waals surface area contributed by atoms with Crippen molar-refractivity contribution < 1.29 is 9.90 Å². The molecule has 4 heteroatoms. The predicted molar refractivity (Wildman–Crippen MR) is 79.1 cm³/mol. The van der Waals surface area contributed by atoms with Crippen molar-refractivity contribution in [1.82, 2.24) is 9.80 Å². The first-order chi connectivity index (χ1) is 9.54. The first kappa shape index (κ1) is 15.0. The second-order valence-electron chi connectivity index (χ2n) is 5.92. The average molecular weight is 276 g/mol. The van der Waals surface area contributed by atoms with E-state index in [0.29, 0.717) is 19.0 Å². The van der Waals surface area contributed by atoms with Gasteiger partial charge in [0.25, 0.3) is 0 Å². The van der Waals surface area contributed by atoms with Crippen LogP contribution in [0, 0.1) is 5.92 Å². The number of likely N-dealkylation sites (N-methyl/N-ethyl adjacent to an activating group) is 2. The molecule has 0 atom stereocenters. The third kappa shape index (κ3) is 4.32. The maximum absolute atomic E-state index is 12.1. The summed E-state index contributed by atoms with van der Waals surface area (Å²) < 4.78 is 0. The Morgan fingerprint density at radius 1 is 1.25 bits per heavy atom. The zero-order chi connectivity index (χ0) is 14.5. The van der Waals surface area contributed by atoms with E-state index in [0.717, 1.165) is 24.9 Å². The Balaban J connectivity index is 1.73. The van der Waals surface area contributed by atoms with Gasteiger partial charge in [0.05, 0.1) is 12.6 Å². The normalized spacial score (nSPS) is 21.6. The highest BCUT2D eigenvalue weighted by Crippen LogP contribution is 2.27. The van der Waals surface area contributed by atoms with Gasteiger partial charge in [0.1, 0.15) is 0 Å². The van der Waals surface area contributed by atoms with Crippen molar-refractivity contribution in [2.75, 3.05) is 27.2 Å². The van der Waals surface area contributed by atoms with Crippen LogP contribution >= 0.6 is 0 Å². The molecule has 20 heavy (non-hydrogen) atoms. The quantitative estimate of drug-likeness (QED) is 0.853. The molecule has 0 radical (unpaired) electrons. The molecule has 0 spiro atoms. The predicted octanol–water partition coefficient (Wildman–Crippen LogP) is 1.35. The molecule has 0 unspecified atom stereocenters. The molecular weight excluding hydrogens is 252 g/mol. The molecule has 4 nitrogen and oxygen atoms in total. The van der Waals surface area contributed by atoms with Gasteiger partial charge in [0.15, 0.2) is 0 Å². The number of aliphatic hydroxyl groups is 1. The van der Waals surface area contributed by atoms with Gasteiger partial charge in [-0.05, 0) is 31.4 Å². The summed E-state index contributed by atoms with van der Waals surface area (Å²) in [4.78, 5) is 16.0. The molecule has 0 saturated heterocycles. The number of aliphatic hydroxyl groups excluding tert-OH is 1. The summed E-state index contributed by atoms with van der Waals surface area (Å²) in [5, 5.41) is 9.27. The molecule has 0 heterocycles. The lowest BCUT2D eigenvalue weighted by Crippen LogP contribution is -2.41. The first-order valence-corrected chi connectivity index (χ1v) is 7.19. The van der Waals surface area contributed by atoms with Gasteiger partial charge < -0.3 is 10.0 Å². The Hall–Kier alpha value is -1.39. The van der Waals surface area contributed by atoms with E-state index in [4.69, 9.17) is 0 Å². The van der Waals surface area contributed by atoms with Crippen molar-refractivity contribution in [2.24, 2.45) is 5.92 Å². The molecule has 0 bridgehead atoms. The largest absolute Gasteiger partial charge is 0.393 e. The molecular formula is C16H24N2O2. The van der Waals surface area contributed by atoms with Crippen LogP contribution in [0.4, 0.5) is 0 Å². The maximum atomic E-state index is 12.1. The van der Waals surface area contributed by atoms with Crippen LogP contribution in [0.1, 0.15) is 18.4 Å². The van der Waals surface area contributed by atoms with Crippen LogP contribution in [0.5, 0.6) is 0 Å². The number of carbonyl (C=O) groups is 1. The molecule has 1 aromatic rings. The van der Waals surface area contributed by atoms with Crippen LogP contribution in [0.15, 0.2) is 30.3 Å². The topological polar surface area (TPSA) is 43.8 Å². The van der Waals surface area contributed by atoms with Crippen molar-refractivity contribution in [3.05, 3.63) is 35.9 Å². The monoisotopic (exact) mass is 276 g/mol. The zero-order valence-electron chi connectivity index (χ0n) is 12.3. The van der Waals surface area contributed by atoms with E-state index in [1.165, 1.54) is 0 Å². The van der Waals surface area contributed by atoms with Crippen LogP contribution in [-0.4, -0.2) is 54.1 Å². The molecule has 0 aliphatic heterocycles. The van der Waals surface area contributed by atoms with Crippen LogP contribution in [0.2, 0.25) is 0 Å². The minimum Gasteiger partial charge on any atom is -0.393 e. The van der Waals surface area contributed by atoms with Crippen molar-refractivity contribution in [3.63, 3.8) is 0 Å². The molecule has 1 aromatic carbocycles. The number of rotatable bonds is 6. The molecule has 1 amide bonds. The Kier molecular flexibility index (Phi) is 5.15. The minimum atomic E-state index is -0.121. The molecule has 2 rings (SSSR count). The third-order valence-corrected chi connectivity index (χ3v) is 3.87. The van der Waals surface area contributed by atoms with Crippen LogP contribution in [-0.2, 0) is 11.3 Å². The summed E-state index contributed by atoms with van der Waals surface area (Å²) in [5.74, 6) is 0.679. The van der Waals surface area contributed by atoms with Gasteiger partial charge in [0.2, 0.25) is 5.91 Å². The lowest BCUT2D eigenvalue weighted by molar-refractivity contribution is -0.131. The summed E-state index contributed by atoms with van der Waals surface area (Å²) in [6, 6.07) is 10.0. The Bertz CT molecular complexity index is 429. The summed E-state index contributed by atoms with van der Waals surface area (Å²) in [7, 11) is 3.81. The highest BCUT2D eigenvalue weighted by Gasteiger charge is 2.28. The first-order valence-electron chi connectivity index (χ1n) is 7.19. The fourth-order valence-electron chi connectivity index (χ4n) is 2.65. The fraction of sp³-hybridized carbons (Fsp3) is 0.562. The number of amides is 1. The van der Waals surface area contributed by atoms with Gasteiger partial charge in [-0.2, -0.15) is 0 Å². The van der Waals surface area contributed by atoms with E-state index in [9.17, 15) is 9.90 Å². The smallest absolute Gasteiger partial charge is 0.236 e. The van der Waals surface area contributed by atoms with Gasteiger partial charge in [-0.1, -0.05) is 30.3 Å². The van der Waals surface area contributed by atoms with Crippen LogP contribution in [0.25, 0.3) is 0 Å². The van der Waals surface area contributed by atoms with Crippen molar-refractivity contribution in [1.29, 1.82) is 0 Å². The summed E-state index contributed by atoms with van der Waals surface area (Å²) >= 11 is 0. The summed E-state index contributed by atoms with van der Waals surface area (Å²) in [5.41, 5.74) is 1.15. The van der Waals surface area contributed by atoms with E-state index in [2.05, 4.69) is 4.90 Å². The lowest BCUT2D eigenvalue weighted by atomic mass is 9.82. The number of hydrogen-bond acceptors (Lipinski definition) is 3. The summed E-state index contributed by atoms with van der Waals surface area (Å²) in [6.45, 7) is 1.98. The third-order valence-electron chi connectivity index (χ3n) is 3.87. The molecule has 0 aromatic heterocycles. The Morgan fingerprint density at radius 2 is 1.90 bits per heavy atom. The number of carbonyl (C=O) groups excluding carboxylic acids is 1. The van der Waals surface area contributed by atoms with E-state index in [-0.39, 0.29) is 12.0 Å². The summed E-state index contributed by atoms with van der Waals surface area (Å²) in [6.07, 6.45) is 1.63. The number of benzene rings is 1. The van der Waals surface area contributed by atoms with Crippen LogP contribution in [0.3, 0.4) is 0 Å². The van der Waals surface area contributed by atoms with Gasteiger partial charge in [0, 0.05) is 20.1 Å². The standard InChI is InChI=1S/C16H24N2O2/c1-17(10-14-8-15(19)9-14)12-16(20)18(2)11-13-6-4-3-5-7-13/h3-7,14-15,19H,8-12H2,1-2H3. The highest BCUT2D eigenvalue weighted by molar-refractivity contribution is 5.77. The van der Waals surface area contributed by atoms with Crippen molar-refractivity contribution in [2.45, 2.75) is 25.5 Å². The molecule has 1 N–H and O–H groups in total. The molecule has 1 aliphatic carbocycles. The second-order valence-corrected chi connectivity index (χ2v) is 5.92. The fourth-order valence-corrected chi connectivity index (χ4v) is 2.65. The Morgan fingerprint density at radius 3 is 2.50 bits per heavy atom. The van der Waals surface area contributed by atoms with Gasteiger partial charge in [-0.25, -0.2) is 0 Å². The van der Waals surface area contributed by atoms with Gasteiger partial charge in [-0.3, -0.25) is 9.69 Å².